The minimum absolute atomic E-state index is 0.114. The van der Waals surface area contributed by atoms with Gasteiger partial charge in [-0.25, -0.2) is 13.2 Å². The van der Waals surface area contributed by atoms with Gasteiger partial charge in [-0.05, 0) is 52.9 Å². The van der Waals surface area contributed by atoms with E-state index in [0.717, 1.165) is 26.1 Å². The van der Waals surface area contributed by atoms with Crippen molar-refractivity contribution in [3.05, 3.63) is 11.7 Å². The van der Waals surface area contributed by atoms with E-state index in [1.807, 2.05) is 6.92 Å². The highest BCUT2D eigenvalue weighted by atomic mass is 19.3. The van der Waals surface area contributed by atoms with Crippen LogP contribution in [0.25, 0.3) is 0 Å². The Hall–Kier alpha value is -1.68. The van der Waals surface area contributed by atoms with Crippen LogP contribution in [0.4, 0.5) is 13.2 Å². The largest absolute Gasteiger partial charge is 0.343 e. The maximum absolute atomic E-state index is 15.3. The van der Waals surface area contributed by atoms with Gasteiger partial charge in [-0.15, -0.1) is 0 Å². The van der Waals surface area contributed by atoms with E-state index in [9.17, 15) is 9.18 Å². The van der Waals surface area contributed by atoms with Crippen LogP contribution in [0, 0.1) is 5.92 Å². The van der Waals surface area contributed by atoms with E-state index in [1.165, 1.54) is 0 Å². The molecule has 2 aliphatic carbocycles. The van der Waals surface area contributed by atoms with Crippen molar-refractivity contribution < 1.29 is 22.5 Å². The molecule has 5 atom stereocenters. The molecule has 0 unspecified atom stereocenters. The number of carbonyl (C=O) groups is 1. The quantitative estimate of drug-likeness (QED) is 0.549. The van der Waals surface area contributed by atoms with Gasteiger partial charge < -0.3 is 9.42 Å². The molecule has 2 aliphatic heterocycles. The molecular weight excluding hydrogens is 483 g/mol. The lowest BCUT2D eigenvalue weighted by atomic mass is 9.76. The van der Waals surface area contributed by atoms with Gasteiger partial charge >= 0.3 is 0 Å². The average molecular weight is 526 g/mol. The van der Waals surface area contributed by atoms with Crippen molar-refractivity contribution in [3.63, 3.8) is 0 Å². The number of likely N-dealkylation sites (tertiary alicyclic amines) is 1. The molecule has 2 saturated heterocycles. The Morgan fingerprint density at radius 3 is 2.49 bits per heavy atom. The molecule has 0 radical (unpaired) electrons. The highest BCUT2D eigenvalue weighted by Gasteiger charge is 2.51. The summed E-state index contributed by atoms with van der Waals surface area (Å²) in [4.78, 5) is 24.2. The van der Waals surface area contributed by atoms with Crippen molar-refractivity contribution in [2.24, 2.45) is 5.92 Å². The average Bonchev–Trinajstić information content (AvgIpc) is 3.36. The summed E-state index contributed by atoms with van der Waals surface area (Å²) in [6.45, 7) is 12.0. The summed E-state index contributed by atoms with van der Waals surface area (Å²) in [5.74, 6) is -3.34. The standard InChI is InChI=1S/C27H42F3N5O2/c1-17(2)34-12-13-35(18(3)16-34)22-6-5-7-27(29,30)20(22)15-23(36)33-10-8-26(4,9-11-33)25-31-24(37-32-25)19-14-21(19)28/h17-22H,5-16H2,1-4H3/t18-,19-,20-,21+,22+/m1/s1. The first-order valence-corrected chi connectivity index (χ1v) is 14.1. The van der Waals surface area contributed by atoms with E-state index >= 15 is 8.78 Å². The Bertz CT molecular complexity index is 964. The van der Waals surface area contributed by atoms with Crippen LogP contribution >= 0.6 is 0 Å². The minimum Gasteiger partial charge on any atom is -0.343 e. The van der Waals surface area contributed by atoms with Crippen molar-refractivity contribution in [1.82, 2.24) is 24.8 Å². The summed E-state index contributed by atoms with van der Waals surface area (Å²) >= 11 is 0. The molecule has 2 saturated carbocycles. The Morgan fingerprint density at radius 1 is 1.16 bits per heavy atom. The van der Waals surface area contributed by atoms with Gasteiger partial charge in [0.05, 0.1) is 5.92 Å². The van der Waals surface area contributed by atoms with Crippen molar-refractivity contribution >= 4 is 5.91 Å². The van der Waals surface area contributed by atoms with Crippen molar-refractivity contribution in [3.8, 4) is 0 Å². The van der Waals surface area contributed by atoms with Gasteiger partial charge in [0.2, 0.25) is 11.8 Å². The molecule has 37 heavy (non-hydrogen) atoms. The van der Waals surface area contributed by atoms with Crippen LogP contribution in [0.15, 0.2) is 4.52 Å². The van der Waals surface area contributed by atoms with Crippen molar-refractivity contribution in [2.75, 3.05) is 32.7 Å². The Kier molecular flexibility index (Phi) is 7.37. The van der Waals surface area contributed by atoms with Gasteiger partial charge in [-0.1, -0.05) is 12.1 Å². The van der Waals surface area contributed by atoms with Gasteiger partial charge in [-0.2, -0.15) is 4.98 Å². The smallest absolute Gasteiger partial charge is 0.252 e. The normalized spacial score (nSPS) is 34.6. The molecule has 4 fully saturated rings. The highest BCUT2D eigenvalue weighted by Crippen LogP contribution is 2.45. The fourth-order valence-electron chi connectivity index (χ4n) is 6.70. The van der Waals surface area contributed by atoms with Crippen LogP contribution in [0.5, 0.6) is 0 Å². The van der Waals surface area contributed by atoms with Gasteiger partial charge in [0.25, 0.3) is 5.92 Å². The number of alkyl halides is 3. The first kappa shape index (κ1) is 26.9. The zero-order valence-corrected chi connectivity index (χ0v) is 22.6. The zero-order chi connectivity index (χ0) is 26.5. The second kappa shape index (κ2) is 10.1. The first-order valence-electron chi connectivity index (χ1n) is 14.1. The van der Waals surface area contributed by atoms with Gasteiger partial charge in [0.1, 0.15) is 6.17 Å². The molecule has 1 aromatic heterocycles. The van der Waals surface area contributed by atoms with E-state index in [0.29, 0.717) is 56.5 Å². The predicted octanol–water partition coefficient (Wildman–Crippen LogP) is 4.38. The van der Waals surface area contributed by atoms with E-state index in [1.54, 1.807) is 4.90 Å². The topological polar surface area (TPSA) is 65.7 Å². The number of aromatic nitrogens is 2. The summed E-state index contributed by atoms with van der Waals surface area (Å²) < 4.78 is 49.3. The molecule has 1 amide bonds. The van der Waals surface area contributed by atoms with Gasteiger partial charge in [-0.3, -0.25) is 14.6 Å². The number of halogens is 3. The van der Waals surface area contributed by atoms with Crippen LogP contribution in [-0.2, 0) is 10.2 Å². The van der Waals surface area contributed by atoms with Gasteiger partial charge in [0.15, 0.2) is 5.82 Å². The second-order valence-electron chi connectivity index (χ2n) is 12.5. The lowest BCUT2D eigenvalue weighted by Gasteiger charge is -2.50. The first-order chi connectivity index (χ1) is 17.5. The molecule has 5 rings (SSSR count). The summed E-state index contributed by atoms with van der Waals surface area (Å²) in [6.07, 6.45) is 1.75. The second-order valence-corrected chi connectivity index (χ2v) is 12.5. The maximum Gasteiger partial charge on any atom is 0.252 e. The molecule has 1 aromatic rings. The van der Waals surface area contributed by atoms with Crippen LogP contribution in [0.1, 0.15) is 90.3 Å². The minimum atomic E-state index is -2.84. The summed E-state index contributed by atoms with van der Waals surface area (Å²) in [5.41, 5.74) is -0.373. The third-order valence-electron chi connectivity index (χ3n) is 9.51. The SMILES string of the molecule is CC(C)N1CCN([C@H]2CCCC(F)(F)[C@@H]2CC(=O)N2CCC(C)(c3noc([C@@H]4C[C@@H]4F)n3)CC2)[C@H](C)C1. The number of nitrogens with zero attached hydrogens (tertiary/aromatic N) is 5. The number of amides is 1. The molecule has 0 spiro atoms. The number of rotatable bonds is 6. The Morgan fingerprint density at radius 2 is 1.86 bits per heavy atom. The number of hydrogen-bond acceptors (Lipinski definition) is 6. The molecule has 4 aliphatic rings. The van der Waals surface area contributed by atoms with Crippen molar-refractivity contribution in [2.45, 2.75) is 114 Å². The number of hydrogen-bond donors (Lipinski definition) is 0. The number of carbonyl (C=O) groups excluding carboxylic acids is 1. The van der Waals surface area contributed by atoms with Crippen molar-refractivity contribution in [1.29, 1.82) is 0 Å². The Balaban J connectivity index is 1.22. The van der Waals surface area contributed by atoms with Crippen LogP contribution in [0.3, 0.4) is 0 Å². The molecule has 0 N–H and O–H groups in total. The third kappa shape index (κ3) is 5.42. The van der Waals surface area contributed by atoms with Gasteiger partial charge in [0, 0.05) is 75.0 Å². The molecule has 3 heterocycles. The monoisotopic (exact) mass is 525 g/mol. The molecule has 208 valence electrons. The summed E-state index contributed by atoms with van der Waals surface area (Å²) in [7, 11) is 0. The van der Waals surface area contributed by atoms with Crippen LogP contribution in [0.2, 0.25) is 0 Å². The highest BCUT2D eigenvalue weighted by molar-refractivity contribution is 5.76. The molecule has 7 nitrogen and oxygen atoms in total. The molecule has 0 bridgehead atoms. The maximum atomic E-state index is 15.3. The molecular formula is C27H42F3N5O2. The zero-order valence-electron chi connectivity index (χ0n) is 22.6. The predicted molar refractivity (Wildman–Crippen MR) is 133 cm³/mol. The van der Waals surface area contributed by atoms with E-state index in [4.69, 9.17) is 4.52 Å². The third-order valence-corrected chi connectivity index (χ3v) is 9.51. The van der Waals surface area contributed by atoms with E-state index in [2.05, 4.69) is 40.7 Å². The Labute approximate surface area is 218 Å². The number of piperidine rings is 1. The van der Waals surface area contributed by atoms with Crippen LogP contribution in [-0.4, -0.2) is 93.7 Å². The summed E-state index contributed by atoms with van der Waals surface area (Å²) in [6, 6.07) is 0.353. The van der Waals surface area contributed by atoms with E-state index < -0.39 is 18.0 Å². The lowest BCUT2D eigenvalue weighted by Crippen LogP contribution is -2.61. The molecule has 0 aromatic carbocycles. The fraction of sp³-hybridized carbons (Fsp3) is 0.889. The summed E-state index contributed by atoms with van der Waals surface area (Å²) in [5, 5.41) is 4.11. The molecule has 10 heteroatoms. The number of piperazine rings is 1. The van der Waals surface area contributed by atoms with Crippen LogP contribution < -0.4 is 0 Å². The fourth-order valence-corrected chi connectivity index (χ4v) is 6.70. The lowest BCUT2D eigenvalue weighted by molar-refractivity contribution is -0.154. The van der Waals surface area contributed by atoms with E-state index in [-0.39, 0.29) is 42.2 Å².